The molecule has 2 saturated heterocycles. The summed E-state index contributed by atoms with van der Waals surface area (Å²) >= 11 is 0. The van der Waals surface area contributed by atoms with Gasteiger partial charge in [-0.3, -0.25) is 9.69 Å². The zero-order valence-corrected chi connectivity index (χ0v) is 10.1. The number of carboxylic acids is 1. The van der Waals surface area contributed by atoms with Crippen LogP contribution in [0.5, 0.6) is 0 Å². The second-order valence-corrected chi connectivity index (χ2v) is 5.29. The summed E-state index contributed by atoms with van der Waals surface area (Å²) in [4.78, 5) is 15.6. The second-order valence-electron chi connectivity index (χ2n) is 5.29. The Balaban J connectivity index is 1.76. The fraction of sp³-hybridized carbons (Fsp3) is 0.917. The number of piperazine rings is 1. The van der Waals surface area contributed by atoms with Gasteiger partial charge < -0.3 is 10.0 Å². The first-order valence-electron chi connectivity index (χ1n) is 6.33. The first-order chi connectivity index (χ1) is 7.65. The molecule has 0 aromatic heterocycles. The average molecular weight is 226 g/mol. The van der Waals surface area contributed by atoms with Gasteiger partial charge in [-0.15, -0.1) is 0 Å². The van der Waals surface area contributed by atoms with E-state index < -0.39 is 5.97 Å². The number of rotatable bonds is 4. The Hall–Kier alpha value is -0.610. The number of aliphatic carboxylic acids is 1. The van der Waals surface area contributed by atoms with Crippen molar-refractivity contribution in [3.63, 3.8) is 0 Å². The van der Waals surface area contributed by atoms with Gasteiger partial charge >= 0.3 is 5.97 Å². The number of hydrogen-bond donors (Lipinski definition) is 1. The van der Waals surface area contributed by atoms with Crippen molar-refractivity contribution >= 4 is 5.97 Å². The number of fused-ring (bicyclic) bond motifs is 1. The van der Waals surface area contributed by atoms with Crippen molar-refractivity contribution in [2.75, 3.05) is 32.7 Å². The maximum absolute atomic E-state index is 10.6. The van der Waals surface area contributed by atoms with Crippen LogP contribution >= 0.6 is 0 Å². The summed E-state index contributed by atoms with van der Waals surface area (Å²) in [5.41, 5.74) is 0. The first-order valence-corrected chi connectivity index (χ1v) is 6.33. The van der Waals surface area contributed by atoms with Gasteiger partial charge in [-0.05, 0) is 25.3 Å². The van der Waals surface area contributed by atoms with E-state index in [9.17, 15) is 4.79 Å². The molecule has 92 valence electrons. The molecular formula is C12H22N2O2. The minimum absolute atomic E-state index is 0.269. The Bertz CT molecular complexity index is 257. The highest BCUT2D eigenvalue weighted by Gasteiger charge is 2.30. The Morgan fingerprint density at radius 1 is 1.44 bits per heavy atom. The van der Waals surface area contributed by atoms with Crippen molar-refractivity contribution in [1.82, 2.24) is 9.80 Å². The van der Waals surface area contributed by atoms with Crippen LogP contribution in [-0.4, -0.2) is 59.6 Å². The van der Waals surface area contributed by atoms with E-state index in [1.54, 1.807) is 0 Å². The minimum atomic E-state index is -0.674. The smallest absolute Gasteiger partial charge is 0.303 e. The number of hydrogen-bond acceptors (Lipinski definition) is 3. The maximum atomic E-state index is 10.6. The highest BCUT2D eigenvalue weighted by Crippen LogP contribution is 2.22. The Labute approximate surface area is 97.2 Å². The van der Waals surface area contributed by atoms with Crippen molar-refractivity contribution in [1.29, 1.82) is 0 Å². The predicted molar refractivity (Wildman–Crippen MR) is 62.5 cm³/mol. The molecule has 0 amide bonds. The summed E-state index contributed by atoms with van der Waals surface area (Å²) in [7, 11) is 0. The van der Waals surface area contributed by atoms with Crippen molar-refractivity contribution < 1.29 is 9.90 Å². The summed E-state index contributed by atoms with van der Waals surface area (Å²) in [5, 5.41) is 8.74. The third kappa shape index (κ3) is 2.95. The van der Waals surface area contributed by atoms with Gasteiger partial charge in [-0.25, -0.2) is 0 Å². The Morgan fingerprint density at radius 3 is 3.00 bits per heavy atom. The molecule has 2 heterocycles. The lowest BCUT2D eigenvalue weighted by Crippen LogP contribution is -2.51. The fourth-order valence-electron chi connectivity index (χ4n) is 3.02. The molecule has 16 heavy (non-hydrogen) atoms. The van der Waals surface area contributed by atoms with E-state index in [1.165, 1.54) is 25.9 Å². The van der Waals surface area contributed by atoms with Gasteiger partial charge in [-0.2, -0.15) is 0 Å². The lowest BCUT2D eigenvalue weighted by molar-refractivity contribution is -0.138. The van der Waals surface area contributed by atoms with Crippen LogP contribution in [-0.2, 0) is 4.79 Å². The molecule has 0 bridgehead atoms. The van der Waals surface area contributed by atoms with Crippen molar-refractivity contribution in [3.05, 3.63) is 0 Å². The van der Waals surface area contributed by atoms with Gasteiger partial charge in [-0.1, -0.05) is 6.92 Å². The van der Waals surface area contributed by atoms with Crippen LogP contribution in [0.4, 0.5) is 0 Å². The van der Waals surface area contributed by atoms with Gasteiger partial charge in [0.25, 0.3) is 0 Å². The van der Waals surface area contributed by atoms with E-state index in [4.69, 9.17) is 5.11 Å². The van der Waals surface area contributed by atoms with Crippen LogP contribution in [0.15, 0.2) is 0 Å². The number of carboxylic acid groups (broad SMARTS) is 1. The topological polar surface area (TPSA) is 43.8 Å². The molecule has 1 N–H and O–H groups in total. The van der Waals surface area contributed by atoms with E-state index in [1.807, 2.05) is 6.92 Å². The average Bonchev–Trinajstić information content (AvgIpc) is 2.63. The molecule has 4 nitrogen and oxygen atoms in total. The SMILES string of the molecule is CC(CC(=O)O)CN1CCN2CCCC2C1. The van der Waals surface area contributed by atoms with Crippen LogP contribution in [0, 0.1) is 5.92 Å². The standard InChI is InChI=1S/C12H22N2O2/c1-10(7-12(15)16)8-13-5-6-14-4-2-3-11(14)9-13/h10-11H,2-9H2,1H3,(H,15,16). The molecule has 4 heteroatoms. The fourth-order valence-corrected chi connectivity index (χ4v) is 3.02. The summed E-state index contributed by atoms with van der Waals surface area (Å²) in [6.07, 6.45) is 2.96. The van der Waals surface area contributed by atoms with E-state index in [2.05, 4.69) is 9.80 Å². The predicted octanol–water partition coefficient (Wildman–Crippen LogP) is 0.877. The molecule has 0 aromatic carbocycles. The van der Waals surface area contributed by atoms with E-state index in [0.717, 1.165) is 25.7 Å². The molecule has 0 aliphatic carbocycles. The molecule has 0 spiro atoms. The molecule has 2 fully saturated rings. The van der Waals surface area contributed by atoms with Crippen LogP contribution in [0.1, 0.15) is 26.2 Å². The first kappa shape index (κ1) is 11.9. The third-order valence-electron chi connectivity index (χ3n) is 3.76. The number of carbonyl (C=O) groups is 1. The quantitative estimate of drug-likeness (QED) is 0.773. The Kier molecular flexibility index (Phi) is 3.82. The molecule has 2 aliphatic heterocycles. The van der Waals surface area contributed by atoms with Crippen molar-refractivity contribution in [2.24, 2.45) is 5.92 Å². The molecule has 0 aromatic rings. The zero-order chi connectivity index (χ0) is 11.5. The summed E-state index contributed by atoms with van der Waals surface area (Å²) in [5.74, 6) is -0.405. The van der Waals surface area contributed by atoms with Gasteiger partial charge in [0.15, 0.2) is 0 Å². The normalized spacial score (nSPS) is 28.9. The van der Waals surface area contributed by atoms with E-state index in [0.29, 0.717) is 6.42 Å². The van der Waals surface area contributed by atoms with Crippen LogP contribution in [0.25, 0.3) is 0 Å². The van der Waals surface area contributed by atoms with Gasteiger partial charge in [0.1, 0.15) is 0 Å². The summed E-state index contributed by atoms with van der Waals surface area (Å²) in [6, 6.07) is 0.741. The van der Waals surface area contributed by atoms with E-state index >= 15 is 0 Å². The molecule has 0 radical (unpaired) electrons. The van der Waals surface area contributed by atoms with Gasteiger partial charge in [0.2, 0.25) is 0 Å². The highest BCUT2D eigenvalue weighted by atomic mass is 16.4. The maximum Gasteiger partial charge on any atom is 0.303 e. The van der Waals surface area contributed by atoms with Crippen LogP contribution in [0.3, 0.4) is 0 Å². The summed E-state index contributed by atoms with van der Waals surface area (Å²) in [6.45, 7) is 7.67. The lowest BCUT2D eigenvalue weighted by atomic mass is 10.1. The minimum Gasteiger partial charge on any atom is -0.481 e. The third-order valence-corrected chi connectivity index (χ3v) is 3.76. The molecular weight excluding hydrogens is 204 g/mol. The molecule has 0 saturated carbocycles. The summed E-state index contributed by atoms with van der Waals surface area (Å²) < 4.78 is 0. The van der Waals surface area contributed by atoms with Crippen molar-refractivity contribution in [3.8, 4) is 0 Å². The van der Waals surface area contributed by atoms with Crippen LogP contribution < -0.4 is 0 Å². The lowest BCUT2D eigenvalue weighted by Gasteiger charge is -2.38. The van der Waals surface area contributed by atoms with Gasteiger partial charge in [0, 0.05) is 38.6 Å². The van der Waals surface area contributed by atoms with Crippen LogP contribution in [0.2, 0.25) is 0 Å². The largest absolute Gasteiger partial charge is 0.481 e. The number of nitrogens with zero attached hydrogens (tertiary/aromatic N) is 2. The molecule has 2 aliphatic rings. The van der Waals surface area contributed by atoms with E-state index in [-0.39, 0.29) is 5.92 Å². The second kappa shape index (κ2) is 5.15. The highest BCUT2D eigenvalue weighted by molar-refractivity contribution is 5.66. The molecule has 2 atom stereocenters. The zero-order valence-electron chi connectivity index (χ0n) is 10.1. The molecule has 2 rings (SSSR count). The monoisotopic (exact) mass is 226 g/mol. The van der Waals surface area contributed by atoms with Gasteiger partial charge in [0.05, 0.1) is 0 Å². The van der Waals surface area contributed by atoms with Crippen molar-refractivity contribution in [2.45, 2.75) is 32.2 Å². The Morgan fingerprint density at radius 2 is 2.25 bits per heavy atom. The molecule has 2 unspecified atom stereocenters.